The largest absolute Gasteiger partial charge is 0.459 e. The zero-order chi connectivity index (χ0) is 20.4. The van der Waals surface area contributed by atoms with Crippen LogP contribution in [0.5, 0.6) is 0 Å². The summed E-state index contributed by atoms with van der Waals surface area (Å²) in [5.74, 6) is 1.01. The van der Waals surface area contributed by atoms with Gasteiger partial charge in [0.05, 0.1) is 30.2 Å². The summed E-state index contributed by atoms with van der Waals surface area (Å²) >= 11 is 1.27. The molecule has 0 saturated carbocycles. The molecule has 1 aromatic carbocycles. The summed E-state index contributed by atoms with van der Waals surface area (Å²) in [6.07, 6.45) is 0. The number of anilines is 1. The third kappa shape index (κ3) is 4.08. The third-order valence-electron chi connectivity index (χ3n) is 4.66. The Hall–Kier alpha value is -2.97. The van der Waals surface area contributed by atoms with Gasteiger partial charge in [0.2, 0.25) is 0 Å². The Kier molecular flexibility index (Phi) is 5.46. The highest BCUT2D eigenvalue weighted by molar-refractivity contribution is 7.17. The number of amides is 2. The molecule has 2 aromatic heterocycles. The predicted octanol–water partition coefficient (Wildman–Crippen LogP) is 3.74. The van der Waals surface area contributed by atoms with E-state index in [-0.39, 0.29) is 11.8 Å². The normalized spacial score (nSPS) is 14.1. The van der Waals surface area contributed by atoms with Crippen LogP contribution in [0, 0.1) is 13.8 Å². The molecule has 8 heteroatoms. The predicted molar refractivity (Wildman–Crippen MR) is 110 cm³/mol. The Labute approximate surface area is 172 Å². The fourth-order valence-electron chi connectivity index (χ4n) is 3.16. The summed E-state index contributed by atoms with van der Waals surface area (Å²) in [5, 5.41) is 3.53. The molecular formula is C21H21N3O4S. The van der Waals surface area contributed by atoms with Crippen LogP contribution in [0.15, 0.2) is 40.8 Å². The van der Waals surface area contributed by atoms with Crippen molar-refractivity contribution < 1.29 is 18.7 Å². The molecule has 1 aliphatic rings. The molecule has 0 bridgehead atoms. The van der Waals surface area contributed by atoms with Crippen LogP contribution in [0.25, 0.3) is 10.8 Å². The zero-order valence-corrected chi connectivity index (χ0v) is 17.0. The maximum Gasteiger partial charge on any atom is 0.267 e. The van der Waals surface area contributed by atoms with Gasteiger partial charge in [0.25, 0.3) is 11.8 Å². The minimum Gasteiger partial charge on any atom is -0.459 e. The van der Waals surface area contributed by atoms with Crippen LogP contribution in [0.2, 0.25) is 0 Å². The van der Waals surface area contributed by atoms with E-state index in [2.05, 4.69) is 10.3 Å². The highest BCUT2D eigenvalue weighted by Gasteiger charge is 2.23. The molecule has 4 rings (SSSR count). The van der Waals surface area contributed by atoms with Crippen molar-refractivity contribution in [3.63, 3.8) is 0 Å². The molecule has 0 radical (unpaired) electrons. The molecule has 0 aliphatic carbocycles. The van der Waals surface area contributed by atoms with Crippen LogP contribution >= 0.6 is 11.3 Å². The number of ether oxygens (including phenoxy) is 1. The second-order valence-corrected chi connectivity index (χ2v) is 7.75. The first-order valence-electron chi connectivity index (χ1n) is 9.34. The first kappa shape index (κ1) is 19.4. The number of hydrogen-bond acceptors (Lipinski definition) is 6. The topological polar surface area (TPSA) is 84.7 Å². The minimum absolute atomic E-state index is 0.114. The lowest BCUT2D eigenvalue weighted by molar-refractivity contribution is 0.0303. The van der Waals surface area contributed by atoms with Gasteiger partial charge in [-0.2, -0.15) is 0 Å². The van der Waals surface area contributed by atoms with Gasteiger partial charge in [-0.25, -0.2) is 4.98 Å². The summed E-state index contributed by atoms with van der Waals surface area (Å²) in [4.78, 5) is 32.5. The van der Waals surface area contributed by atoms with Crippen molar-refractivity contribution in [1.82, 2.24) is 9.88 Å². The van der Waals surface area contributed by atoms with Crippen molar-refractivity contribution in [3.05, 3.63) is 58.3 Å². The average molecular weight is 411 g/mol. The van der Waals surface area contributed by atoms with Crippen LogP contribution in [0.3, 0.4) is 0 Å². The Morgan fingerprint density at radius 3 is 2.59 bits per heavy atom. The van der Waals surface area contributed by atoms with E-state index in [1.54, 1.807) is 36.1 Å². The van der Waals surface area contributed by atoms with Crippen LogP contribution in [0.4, 0.5) is 5.69 Å². The van der Waals surface area contributed by atoms with Crippen LogP contribution in [-0.2, 0) is 4.74 Å². The van der Waals surface area contributed by atoms with Gasteiger partial charge in [-0.3, -0.25) is 9.59 Å². The Morgan fingerprint density at radius 1 is 1.10 bits per heavy atom. The van der Waals surface area contributed by atoms with E-state index in [4.69, 9.17) is 9.15 Å². The molecule has 0 spiro atoms. The molecule has 0 atom stereocenters. The van der Waals surface area contributed by atoms with E-state index in [9.17, 15) is 9.59 Å². The number of thiazole rings is 1. The fourth-order valence-corrected chi connectivity index (χ4v) is 4.08. The summed E-state index contributed by atoms with van der Waals surface area (Å²) in [7, 11) is 0. The Bertz CT molecular complexity index is 1050. The molecule has 1 saturated heterocycles. The SMILES string of the molecule is Cc1ccc(-c2nc(C)c(C(=O)Nc3ccccc3C(=O)N3CCOCC3)s2)o1. The molecule has 2 amide bonds. The van der Waals surface area contributed by atoms with Gasteiger partial charge in [0.1, 0.15) is 10.6 Å². The van der Waals surface area contributed by atoms with Crippen molar-refractivity contribution in [3.8, 4) is 10.8 Å². The maximum atomic E-state index is 12.9. The lowest BCUT2D eigenvalue weighted by Gasteiger charge is -2.27. The quantitative estimate of drug-likeness (QED) is 0.707. The number of benzene rings is 1. The molecule has 1 aliphatic heterocycles. The molecule has 1 fully saturated rings. The standard InChI is InChI=1S/C21H21N3O4S/c1-13-7-8-17(28-13)20-22-14(2)18(29-20)19(25)23-16-6-4-3-5-15(16)21(26)24-9-11-27-12-10-24/h3-8H,9-12H2,1-2H3,(H,23,25). The van der Waals surface area contributed by atoms with Gasteiger partial charge in [0.15, 0.2) is 10.8 Å². The van der Waals surface area contributed by atoms with E-state index in [0.29, 0.717) is 58.9 Å². The average Bonchev–Trinajstić information content (AvgIpc) is 3.34. The van der Waals surface area contributed by atoms with Gasteiger partial charge >= 0.3 is 0 Å². The van der Waals surface area contributed by atoms with Crippen molar-refractivity contribution in [1.29, 1.82) is 0 Å². The van der Waals surface area contributed by atoms with Gasteiger partial charge in [0, 0.05) is 13.1 Å². The lowest BCUT2D eigenvalue weighted by atomic mass is 10.1. The molecule has 0 unspecified atom stereocenters. The Morgan fingerprint density at radius 2 is 1.86 bits per heavy atom. The van der Waals surface area contributed by atoms with Crippen LogP contribution < -0.4 is 5.32 Å². The number of furan rings is 1. The number of morpholine rings is 1. The van der Waals surface area contributed by atoms with Gasteiger partial charge in [-0.15, -0.1) is 11.3 Å². The second-order valence-electron chi connectivity index (χ2n) is 6.75. The lowest BCUT2D eigenvalue weighted by Crippen LogP contribution is -2.41. The summed E-state index contributed by atoms with van der Waals surface area (Å²) in [6.45, 7) is 5.78. The maximum absolute atomic E-state index is 12.9. The minimum atomic E-state index is -0.295. The van der Waals surface area contributed by atoms with Gasteiger partial charge in [-0.05, 0) is 38.1 Å². The highest BCUT2D eigenvalue weighted by atomic mass is 32.1. The van der Waals surface area contributed by atoms with Crippen molar-refractivity contribution in [2.24, 2.45) is 0 Å². The van der Waals surface area contributed by atoms with Crippen molar-refractivity contribution in [2.75, 3.05) is 31.6 Å². The number of aromatic nitrogens is 1. The summed E-state index contributed by atoms with van der Waals surface area (Å²) in [5.41, 5.74) is 1.57. The molecule has 29 heavy (non-hydrogen) atoms. The van der Waals surface area contributed by atoms with Gasteiger partial charge < -0.3 is 19.4 Å². The monoisotopic (exact) mass is 411 g/mol. The van der Waals surface area contributed by atoms with Gasteiger partial charge in [-0.1, -0.05) is 12.1 Å². The zero-order valence-electron chi connectivity index (χ0n) is 16.2. The number of rotatable bonds is 4. The van der Waals surface area contributed by atoms with Crippen molar-refractivity contribution >= 4 is 28.8 Å². The number of aryl methyl sites for hydroxylation is 2. The second kappa shape index (κ2) is 8.18. The highest BCUT2D eigenvalue weighted by Crippen LogP contribution is 2.30. The first-order chi connectivity index (χ1) is 14.0. The van der Waals surface area contributed by atoms with E-state index >= 15 is 0 Å². The van der Waals surface area contributed by atoms with Crippen LogP contribution in [0.1, 0.15) is 31.5 Å². The van der Waals surface area contributed by atoms with E-state index in [1.165, 1.54) is 11.3 Å². The smallest absolute Gasteiger partial charge is 0.267 e. The van der Waals surface area contributed by atoms with Crippen molar-refractivity contribution in [2.45, 2.75) is 13.8 Å². The number of para-hydroxylation sites is 1. The fraction of sp³-hybridized carbons (Fsp3) is 0.286. The van der Waals surface area contributed by atoms with E-state index in [0.717, 1.165) is 5.76 Å². The van der Waals surface area contributed by atoms with E-state index < -0.39 is 0 Å². The summed E-state index contributed by atoms with van der Waals surface area (Å²) < 4.78 is 10.9. The number of nitrogens with zero attached hydrogens (tertiary/aromatic N) is 2. The van der Waals surface area contributed by atoms with Crippen LogP contribution in [-0.4, -0.2) is 48.0 Å². The van der Waals surface area contributed by atoms with E-state index in [1.807, 2.05) is 19.1 Å². The number of nitrogens with one attached hydrogen (secondary N) is 1. The number of carbonyl (C=O) groups excluding carboxylic acids is 2. The number of hydrogen-bond donors (Lipinski definition) is 1. The Balaban J connectivity index is 1.56. The number of carbonyl (C=O) groups is 2. The molecule has 3 aromatic rings. The third-order valence-corrected chi connectivity index (χ3v) is 5.83. The molecular weight excluding hydrogens is 390 g/mol. The first-order valence-corrected chi connectivity index (χ1v) is 10.2. The summed E-state index contributed by atoms with van der Waals surface area (Å²) in [6, 6.07) is 10.7. The molecule has 1 N–H and O–H groups in total. The molecule has 7 nitrogen and oxygen atoms in total. The molecule has 150 valence electrons. The molecule has 3 heterocycles.